The van der Waals surface area contributed by atoms with E-state index in [1.165, 1.54) is 0 Å². The van der Waals surface area contributed by atoms with Gasteiger partial charge >= 0.3 is 12.2 Å². The van der Waals surface area contributed by atoms with Crippen LogP contribution in [0.1, 0.15) is 74.9 Å². The van der Waals surface area contributed by atoms with Gasteiger partial charge in [-0.1, -0.05) is 121 Å². The summed E-state index contributed by atoms with van der Waals surface area (Å²) >= 11 is 0. The van der Waals surface area contributed by atoms with Crippen LogP contribution in [0.4, 0.5) is 9.59 Å². The van der Waals surface area contributed by atoms with E-state index >= 15 is 0 Å². The Labute approximate surface area is 388 Å². The lowest BCUT2D eigenvalue weighted by molar-refractivity contribution is -0.130. The first-order chi connectivity index (χ1) is 31.3. The van der Waals surface area contributed by atoms with Crippen LogP contribution in [0.25, 0.3) is 43.1 Å². The number of nitrogens with zero attached hydrogens (tertiary/aromatic N) is 4. The van der Waals surface area contributed by atoms with Gasteiger partial charge in [0.25, 0.3) is 0 Å². The molecule has 10 nitrogen and oxygen atoms in total. The fourth-order valence-corrected chi connectivity index (χ4v) is 8.73. The molecule has 0 aliphatic rings. The Bertz CT molecular complexity index is 2650. The number of fused-ring (bicyclic) bond motifs is 4. The van der Waals surface area contributed by atoms with Crippen LogP contribution < -0.4 is 0 Å². The molecular weight excluding hydrogens is 825 g/mol. The Morgan fingerprint density at radius 1 is 0.364 bits per heavy atom. The molecule has 66 heavy (non-hydrogen) atoms. The number of carbonyl (C=O) groups is 4. The van der Waals surface area contributed by atoms with Crippen LogP contribution in [0.5, 0.6) is 0 Å². The Hall–Kier alpha value is -6.94. The molecule has 0 fully saturated rings. The van der Waals surface area contributed by atoms with Gasteiger partial charge in [-0.15, -0.1) is 0 Å². The zero-order valence-corrected chi connectivity index (χ0v) is 40.0. The zero-order chi connectivity index (χ0) is 47.5. The van der Waals surface area contributed by atoms with Gasteiger partial charge in [-0.05, 0) is 118 Å². The van der Waals surface area contributed by atoms with E-state index in [0.717, 1.165) is 76.5 Å². The fourth-order valence-electron chi connectivity index (χ4n) is 8.73. The van der Waals surface area contributed by atoms with Crippen molar-refractivity contribution in [1.29, 1.82) is 0 Å². The number of likely N-dealkylation sites (N-methyl/N-ethyl adjacent to an activating group) is 2. The minimum absolute atomic E-state index is 0.0690. The van der Waals surface area contributed by atoms with Crippen molar-refractivity contribution >= 4 is 67.1 Å². The van der Waals surface area contributed by atoms with Gasteiger partial charge < -0.3 is 29.1 Å². The average molecular weight is 887 g/mol. The van der Waals surface area contributed by atoms with E-state index in [4.69, 9.17) is 9.47 Å². The highest BCUT2D eigenvalue weighted by Crippen LogP contribution is 2.36. The van der Waals surface area contributed by atoms with Gasteiger partial charge in [-0.25, -0.2) is 9.59 Å². The molecule has 10 heteroatoms. The second-order valence-corrected chi connectivity index (χ2v) is 19.4. The lowest BCUT2D eigenvalue weighted by Crippen LogP contribution is -2.34. The first kappa shape index (κ1) is 47.0. The first-order valence-corrected chi connectivity index (χ1v) is 22.5. The third-order valence-corrected chi connectivity index (χ3v) is 12.0. The molecule has 7 rings (SSSR count). The van der Waals surface area contributed by atoms with Crippen LogP contribution >= 0.6 is 0 Å². The largest absolute Gasteiger partial charge is 0.444 e. The molecule has 0 saturated carbocycles. The topological polar surface area (TPSA) is 99.7 Å². The Morgan fingerprint density at radius 2 is 0.576 bits per heavy atom. The Kier molecular flexibility index (Phi) is 13.7. The Morgan fingerprint density at radius 3 is 0.803 bits per heavy atom. The molecule has 0 N–H and O–H groups in total. The van der Waals surface area contributed by atoms with Gasteiger partial charge in [-0.2, -0.15) is 0 Å². The summed E-state index contributed by atoms with van der Waals surface area (Å²) in [5.41, 5.74) is 4.45. The molecule has 0 spiro atoms. The summed E-state index contributed by atoms with van der Waals surface area (Å²) in [4.78, 5) is 61.2. The van der Waals surface area contributed by atoms with Crippen molar-refractivity contribution < 1.29 is 28.7 Å². The van der Waals surface area contributed by atoms with Crippen LogP contribution in [0.15, 0.2) is 121 Å². The first-order valence-electron chi connectivity index (χ1n) is 22.5. The zero-order valence-electron chi connectivity index (χ0n) is 40.0. The number of amides is 4. The van der Waals surface area contributed by atoms with Crippen LogP contribution in [-0.2, 0) is 58.1 Å². The summed E-state index contributed by atoms with van der Waals surface area (Å²) in [6, 6.07) is 40.3. The summed E-state index contributed by atoms with van der Waals surface area (Å²) < 4.78 is 11.4. The quantitative estimate of drug-likeness (QED) is 0.113. The number of rotatable bonds is 12. The number of hydrogen-bond donors (Lipinski definition) is 0. The lowest BCUT2D eigenvalue weighted by atomic mass is 9.91. The molecule has 0 saturated heterocycles. The standard InChI is InChI=1S/C56H62N4O6/c1-55(2,3)65-53(63)59(9)35-49-43-27-17-13-23-39(43)47(40-24-14-18-28-44(40)49)33-57(7)51(61)31-37-21-11-12-22-38(37)32-52(62)58(8)34-48-41-25-15-19-29-45(41)50(46-30-20-16-26-42(46)48)36-60(10)54(64)66-56(4,5)6/h11-30H,31-36H2,1-10H3. The Balaban J connectivity index is 1.10. The summed E-state index contributed by atoms with van der Waals surface area (Å²) in [7, 11) is 7.16. The minimum Gasteiger partial charge on any atom is -0.444 e. The minimum atomic E-state index is -0.617. The summed E-state index contributed by atoms with van der Waals surface area (Å²) in [6.07, 6.45) is -0.526. The summed E-state index contributed by atoms with van der Waals surface area (Å²) in [6.45, 7) is 12.6. The molecule has 7 aromatic rings. The summed E-state index contributed by atoms with van der Waals surface area (Å²) in [5.74, 6) is -0.138. The second-order valence-electron chi connectivity index (χ2n) is 19.4. The molecule has 0 aromatic heterocycles. The number of carbonyl (C=O) groups excluding carboxylic acids is 4. The van der Waals surface area contributed by atoms with E-state index in [9.17, 15) is 19.2 Å². The lowest BCUT2D eigenvalue weighted by Gasteiger charge is -2.27. The van der Waals surface area contributed by atoms with E-state index in [1.807, 2.05) is 128 Å². The molecular formula is C56H62N4O6. The highest BCUT2D eigenvalue weighted by molar-refractivity contribution is 6.07. The van der Waals surface area contributed by atoms with Crippen molar-refractivity contribution in [1.82, 2.24) is 19.6 Å². The maximum absolute atomic E-state index is 14.2. The molecule has 0 bridgehead atoms. The van der Waals surface area contributed by atoms with E-state index in [1.54, 1.807) is 33.7 Å². The van der Waals surface area contributed by atoms with Crippen molar-refractivity contribution in [2.75, 3.05) is 28.2 Å². The molecule has 0 heterocycles. The number of ether oxygens (including phenoxy) is 2. The molecule has 0 radical (unpaired) electrons. The summed E-state index contributed by atoms with van der Waals surface area (Å²) in [5, 5.41) is 8.11. The SMILES string of the molecule is CN(Cc1c2ccccc2c(CN(C)C(=O)OC(C)(C)C)c2ccccc12)C(=O)Cc1ccccc1CC(=O)N(C)Cc1c2ccccc2c(CN(C)C(=O)OC(C)(C)C)c2ccccc12. The maximum Gasteiger partial charge on any atom is 0.410 e. The third kappa shape index (κ3) is 10.6. The molecule has 0 unspecified atom stereocenters. The molecule has 0 atom stereocenters. The normalized spacial score (nSPS) is 11.8. The van der Waals surface area contributed by atoms with Gasteiger partial charge in [0.2, 0.25) is 11.8 Å². The van der Waals surface area contributed by atoms with Gasteiger partial charge in [0.05, 0.1) is 12.8 Å². The van der Waals surface area contributed by atoms with E-state index in [0.29, 0.717) is 26.2 Å². The van der Waals surface area contributed by atoms with Crippen LogP contribution in [0.2, 0.25) is 0 Å². The maximum atomic E-state index is 14.2. The van der Waals surface area contributed by atoms with Gasteiger partial charge in [-0.3, -0.25) is 9.59 Å². The van der Waals surface area contributed by atoms with Crippen LogP contribution in [-0.4, -0.2) is 83.0 Å². The van der Waals surface area contributed by atoms with Crippen LogP contribution in [0.3, 0.4) is 0 Å². The average Bonchev–Trinajstić information content (AvgIpc) is 3.27. The van der Waals surface area contributed by atoms with E-state index in [-0.39, 0.29) is 24.7 Å². The fraction of sp³-hybridized carbons (Fsp3) is 0.321. The molecule has 7 aromatic carbocycles. The third-order valence-electron chi connectivity index (χ3n) is 12.0. The smallest absolute Gasteiger partial charge is 0.410 e. The van der Waals surface area contributed by atoms with E-state index in [2.05, 4.69) is 48.5 Å². The van der Waals surface area contributed by atoms with E-state index < -0.39 is 23.4 Å². The van der Waals surface area contributed by atoms with Crippen molar-refractivity contribution in [2.45, 2.75) is 91.8 Å². The van der Waals surface area contributed by atoms with Crippen molar-refractivity contribution in [3.63, 3.8) is 0 Å². The second kappa shape index (κ2) is 19.3. The molecule has 0 aliphatic heterocycles. The predicted molar refractivity (Wildman–Crippen MR) is 265 cm³/mol. The van der Waals surface area contributed by atoms with Gasteiger partial charge in [0.1, 0.15) is 11.2 Å². The van der Waals surface area contributed by atoms with Gasteiger partial charge in [0, 0.05) is 54.4 Å². The van der Waals surface area contributed by atoms with Crippen LogP contribution in [0, 0.1) is 0 Å². The predicted octanol–water partition coefficient (Wildman–Crippen LogP) is 11.4. The highest BCUT2D eigenvalue weighted by atomic mass is 16.6. The number of hydrogen-bond acceptors (Lipinski definition) is 6. The monoisotopic (exact) mass is 886 g/mol. The number of benzene rings is 7. The molecule has 0 aliphatic carbocycles. The highest BCUT2D eigenvalue weighted by Gasteiger charge is 2.25. The molecule has 342 valence electrons. The van der Waals surface area contributed by atoms with Crippen molar-refractivity contribution in [2.24, 2.45) is 0 Å². The van der Waals surface area contributed by atoms with Crippen molar-refractivity contribution in [3.8, 4) is 0 Å². The van der Waals surface area contributed by atoms with Gasteiger partial charge in [0.15, 0.2) is 0 Å². The molecule has 4 amide bonds. The van der Waals surface area contributed by atoms with Crippen molar-refractivity contribution in [3.05, 3.63) is 155 Å².